The number of carbonyl (C=O) groups excluding carboxylic acids is 1. The lowest BCUT2D eigenvalue weighted by molar-refractivity contribution is -0.143. The zero-order valence-corrected chi connectivity index (χ0v) is 18.6. The molecule has 0 unspecified atom stereocenters. The number of carbonyl (C=O) groups is 1. The average molecular weight is 381 g/mol. The second kappa shape index (κ2) is 13.2. The molecule has 1 aromatic rings. The van der Waals surface area contributed by atoms with Gasteiger partial charge in [-0.15, -0.1) is 0 Å². The van der Waals surface area contributed by atoms with Crippen LogP contribution in [-0.4, -0.2) is 20.7 Å². The molecule has 0 fully saturated rings. The fraction of sp³-hybridized carbons (Fsp3) is 0.773. The number of aryl methyl sites for hydroxylation is 1. The molecule has 150 valence electrons. The summed E-state index contributed by atoms with van der Waals surface area (Å²) in [5.41, 5.74) is 1.22. The maximum absolute atomic E-state index is 11.8. The molecule has 0 bridgehead atoms. The van der Waals surface area contributed by atoms with Crippen LogP contribution in [0.5, 0.6) is 0 Å². The van der Waals surface area contributed by atoms with Crippen molar-refractivity contribution in [2.75, 3.05) is 6.61 Å². The molecule has 0 aromatic carbocycles. The summed E-state index contributed by atoms with van der Waals surface area (Å²) in [5, 5.41) is 1.15. The molecule has 0 radical (unpaired) electrons. The Morgan fingerprint density at radius 2 is 1.58 bits per heavy atom. The summed E-state index contributed by atoms with van der Waals surface area (Å²) < 4.78 is 11.0. The van der Waals surface area contributed by atoms with Crippen LogP contribution in [0.25, 0.3) is 0 Å². The Labute approximate surface area is 161 Å². The van der Waals surface area contributed by atoms with Crippen molar-refractivity contribution < 1.29 is 13.9 Å². The minimum absolute atomic E-state index is 0.0390. The Balaban J connectivity index is 1.96. The normalized spacial score (nSPS) is 11.7. The van der Waals surface area contributed by atoms with Crippen molar-refractivity contribution in [2.24, 2.45) is 0 Å². The van der Waals surface area contributed by atoms with Crippen molar-refractivity contribution in [3.05, 3.63) is 17.9 Å². The molecule has 1 heterocycles. The van der Waals surface area contributed by atoms with Crippen LogP contribution in [-0.2, 0) is 16.0 Å². The highest BCUT2D eigenvalue weighted by atomic mass is 28.3. The van der Waals surface area contributed by atoms with E-state index in [9.17, 15) is 4.79 Å². The third-order valence-corrected chi connectivity index (χ3v) is 6.49. The second-order valence-electron chi connectivity index (χ2n) is 8.47. The number of hydrogen-bond acceptors (Lipinski definition) is 3. The fourth-order valence-corrected chi connectivity index (χ4v) is 4.05. The van der Waals surface area contributed by atoms with Crippen molar-refractivity contribution in [3.8, 4) is 0 Å². The Morgan fingerprint density at radius 3 is 2.15 bits per heavy atom. The zero-order chi connectivity index (χ0) is 19.3. The monoisotopic (exact) mass is 380 g/mol. The first-order chi connectivity index (χ1) is 12.4. The van der Waals surface area contributed by atoms with E-state index in [1.807, 2.05) is 6.26 Å². The van der Waals surface area contributed by atoms with Crippen molar-refractivity contribution in [1.82, 2.24) is 0 Å². The third-order valence-electron chi connectivity index (χ3n) is 4.75. The lowest BCUT2D eigenvalue weighted by Crippen LogP contribution is -2.36. The van der Waals surface area contributed by atoms with Crippen LogP contribution in [0.4, 0.5) is 0 Å². The molecule has 0 spiro atoms. The highest BCUT2D eigenvalue weighted by Crippen LogP contribution is 2.11. The van der Waals surface area contributed by atoms with Gasteiger partial charge in [-0.3, -0.25) is 4.79 Å². The molecule has 0 N–H and O–H groups in total. The fourth-order valence-electron chi connectivity index (χ4n) is 3.01. The van der Waals surface area contributed by atoms with Gasteiger partial charge in [0.05, 0.1) is 18.3 Å². The Morgan fingerprint density at radius 1 is 0.962 bits per heavy atom. The molecule has 0 amide bonds. The predicted molar refractivity (Wildman–Crippen MR) is 113 cm³/mol. The van der Waals surface area contributed by atoms with E-state index in [0.717, 1.165) is 31.1 Å². The molecule has 3 nitrogen and oxygen atoms in total. The summed E-state index contributed by atoms with van der Waals surface area (Å²) in [4.78, 5) is 11.8. The van der Waals surface area contributed by atoms with E-state index >= 15 is 0 Å². The number of hydrogen-bond donors (Lipinski definition) is 0. The molecular formula is C22H40O3Si. The van der Waals surface area contributed by atoms with E-state index < -0.39 is 8.07 Å². The van der Waals surface area contributed by atoms with Gasteiger partial charge in [-0.1, -0.05) is 77.9 Å². The minimum Gasteiger partial charge on any atom is -0.474 e. The van der Waals surface area contributed by atoms with Crippen LogP contribution >= 0.6 is 0 Å². The second-order valence-corrected chi connectivity index (χ2v) is 13.5. The van der Waals surface area contributed by atoms with Gasteiger partial charge in [-0.25, -0.2) is 0 Å². The minimum atomic E-state index is -1.36. The first-order valence-electron chi connectivity index (χ1n) is 10.7. The summed E-state index contributed by atoms with van der Waals surface area (Å²) in [7, 11) is -1.36. The van der Waals surface area contributed by atoms with Gasteiger partial charge in [-0.2, -0.15) is 0 Å². The number of esters is 1. The SMILES string of the molecule is CCCCCCCCCCCC(=O)OCCCc1coc([Si](C)(C)C)c1. The summed E-state index contributed by atoms with van der Waals surface area (Å²) in [6.07, 6.45) is 15.7. The Hall–Kier alpha value is -1.03. The number of unbranched alkanes of at least 4 members (excludes halogenated alkanes) is 8. The van der Waals surface area contributed by atoms with Gasteiger partial charge in [0, 0.05) is 6.42 Å². The predicted octanol–water partition coefficient (Wildman–Crippen LogP) is 6.22. The largest absolute Gasteiger partial charge is 0.474 e. The van der Waals surface area contributed by atoms with Crippen molar-refractivity contribution in [2.45, 2.75) is 104 Å². The van der Waals surface area contributed by atoms with Gasteiger partial charge >= 0.3 is 5.97 Å². The quantitative estimate of drug-likeness (QED) is 0.206. The summed E-state index contributed by atoms with van der Waals surface area (Å²) in [5.74, 6) is -0.0390. The van der Waals surface area contributed by atoms with Crippen molar-refractivity contribution in [3.63, 3.8) is 0 Å². The van der Waals surface area contributed by atoms with E-state index in [0.29, 0.717) is 13.0 Å². The topological polar surface area (TPSA) is 39.4 Å². The molecule has 0 atom stereocenters. The van der Waals surface area contributed by atoms with Crippen LogP contribution < -0.4 is 5.38 Å². The molecule has 1 aromatic heterocycles. The van der Waals surface area contributed by atoms with Crippen molar-refractivity contribution >= 4 is 19.4 Å². The Bertz CT molecular complexity index is 488. The highest BCUT2D eigenvalue weighted by Gasteiger charge is 2.20. The summed E-state index contributed by atoms with van der Waals surface area (Å²) >= 11 is 0. The van der Waals surface area contributed by atoms with E-state index in [2.05, 4.69) is 32.6 Å². The van der Waals surface area contributed by atoms with E-state index in [4.69, 9.17) is 9.15 Å². The molecule has 0 aliphatic carbocycles. The molecule has 26 heavy (non-hydrogen) atoms. The van der Waals surface area contributed by atoms with E-state index in [-0.39, 0.29) is 5.97 Å². The summed E-state index contributed by atoms with van der Waals surface area (Å²) in [6.45, 7) is 9.61. The standard InChI is InChI=1S/C22H40O3Si/c1-5-6-7-8-9-10-11-12-13-16-21(23)24-17-14-15-20-18-22(25-19-20)26(2,3)4/h18-19H,5-17H2,1-4H3. The molecule has 0 saturated carbocycles. The molecule has 4 heteroatoms. The maximum atomic E-state index is 11.8. The van der Waals surface area contributed by atoms with E-state index in [1.54, 1.807) is 0 Å². The van der Waals surface area contributed by atoms with Crippen LogP contribution in [0.3, 0.4) is 0 Å². The van der Waals surface area contributed by atoms with Crippen LogP contribution in [0.15, 0.2) is 16.7 Å². The first-order valence-corrected chi connectivity index (χ1v) is 14.2. The molecule has 0 aliphatic rings. The van der Waals surface area contributed by atoms with Gasteiger partial charge in [0.1, 0.15) is 8.07 Å². The van der Waals surface area contributed by atoms with Gasteiger partial charge in [0.25, 0.3) is 0 Å². The molecule has 0 aliphatic heterocycles. The molecule has 1 rings (SSSR count). The lowest BCUT2D eigenvalue weighted by Gasteiger charge is -2.10. The van der Waals surface area contributed by atoms with Crippen molar-refractivity contribution in [1.29, 1.82) is 0 Å². The lowest BCUT2D eigenvalue weighted by atomic mass is 10.1. The van der Waals surface area contributed by atoms with Gasteiger partial charge in [0.2, 0.25) is 0 Å². The first kappa shape index (κ1) is 23.0. The Kier molecular flexibility index (Phi) is 11.7. The zero-order valence-electron chi connectivity index (χ0n) is 17.6. The van der Waals surface area contributed by atoms with Crippen LogP contribution in [0.1, 0.15) is 83.1 Å². The average Bonchev–Trinajstić information content (AvgIpc) is 3.06. The highest BCUT2D eigenvalue weighted by molar-refractivity contribution is 6.87. The van der Waals surface area contributed by atoms with Gasteiger partial charge in [-0.05, 0) is 30.9 Å². The number of furan rings is 1. The molecule has 0 saturated heterocycles. The smallest absolute Gasteiger partial charge is 0.305 e. The maximum Gasteiger partial charge on any atom is 0.305 e. The van der Waals surface area contributed by atoms with E-state index in [1.165, 1.54) is 50.5 Å². The molecular weight excluding hydrogens is 340 g/mol. The number of rotatable bonds is 15. The van der Waals surface area contributed by atoms with Crippen LogP contribution in [0, 0.1) is 0 Å². The number of ether oxygens (including phenoxy) is 1. The third kappa shape index (κ3) is 10.8. The van der Waals surface area contributed by atoms with Gasteiger partial charge in [0.15, 0.2) is 0 Å². The van der Waals surface area contributed by atoms with Crippen LogP contribution in [0.2, 0.25) is 19.6 Å². The van der Waals surface area contributed by atoms with Gasteiger partial charge < -0.3 is 9.15 Å². The summed E-state index contributed by atoms with van der Waals surface area (Å²) in [6, 6.07) is 2.18.